The second-order valence-electron chi connectivity index (χ2n) is 7.86. The number of hydrogen-bond donors (Lipinski definition) is 1. The Morgan fingerprint density at radius 1 is 0.909 bits per heavy atom. The predicted molar refractivity (Wildman–Crippen MR) is 85.6 cm³/mol. The highest BCUT2D eigenvalue weighted by Gasteiger charge is 2.35. The van der Waals surface area contributed by atoms with Crippen LogP contribution in [0.3, 0.4) is 0 Å². The van der Waals surface area contributed by atoms with E-state index in [1.54, 1.807) is 0 Å². The molecular formula is C18H29N3O. The first kappa shape index (κ1) is 14.7. The molecule has 3 unspecified atom stereocenters. The van der Waals surface area contributed by atoms with Gasteiger partial charge in [0.05, 0.1) is 0 Å². The van der Waals surface area contributed by atoms with E-state index in [1.807, 2.05) is 6.92 Å². The summed E-state index contributed by atoms with van der Waals surface area (Å²) in [4.78, 5) is 4.41. The van der Waals surface area contributed by atoms with Gasteiger partial charge < -0.3 is 9.84 Å². The molecule has 0 saturated heterocycles. The normalized spacial score (nSPS) is 38.9. The van der Waals surface area contributed by atoms with Crippen LogP contribution in [0.5, 0.6) is 0 Å². The Kier molecular flexibility index (Phi) is 4.21. The molecule has 1 heterocycles. The fourth-order valence-electron chi connectivity index (χ4n) is 5.17. The second kappa shape index (κ2) is 6.31. The standard InChI is InChI=1S/C18H29N3O/c1-12-19-18(22-21-12)14-6-8-16(9-7-14)20-17-10-5-13-3-2-4-15(13)11-17/h13-17,20H,2-11H2,1H3. The number of fused-ring (bicyclic) bond motifs is 1. The van der Waals surface area contributed by atoms with E-state index in [-0.39, 0.29) is 0 Å². The van der Waals surface area contributed by atoms with Crippen molar-refractivity contribution in [3.05, 3.63) is 11.7 Å². The average Bonchev–Trinajstić information content (AvgIpc) is 3.16. The van der Waals surface area contributed by atoms with Gasteiger partial charge in [-0.25, -0.2) is 0 Å². The Balaban J connectivity index is 1.25. The van der Waals surface area contributed by atoms with Crippen LogP contribution in [-0.2, 0) is 0 Å². The second-order valence-corrected chi connectivity index (χ2v) is 7.86. The van der Waals surface area contributed by atoms with Gasteiger partial charge in [0.25, 0.3) is 0 Å². The highest BCUT2D eigenvalue weighted by Crippen LogP contribution is 2.42. The quantitative estimate of drug-likeness (QED) is 0.918. The van der Waals surface area contributed by atoms with Crippen LogP contribution in [-0.4, -0.2) is 22.2 Å². The van der Waals surface area contributed by atoms with Crippen molar-refractivity contribution in [1.82, 2.24) is 15.5 Å². The van der Waals surface area contributed by atoms with Crippen LogP contribution in [0, 0.1) is 18.8 Å². The van der Waals surface area contributed by atoms with Gasteiger partial charge in [0.15, 0.2) is 5.82 Å². The molecular weight excluding hydrogens is 274 g/mol. The minimum atomic E-state index is 0.491. The molecule has 0 spiro atoms. The van der Waals surface area contributed by atoms with E-state index >= 15 is 0 Å². The van der Waals surface area contributed by atoms with Gasteiger partial charge >= 0.3 is 0 Å². The summed E-state index contributed by atoms with van der Waals surface area (Å²) in [5.74, 6) is 4.22. The van der Waals surface area contributed by atoms with E-state index in [1.165, 1.54) is 64.2 Å². The maximum Gasteiger partial charge on any atom is 0.229 e. The molecule has 4 nitrogen and oxygen atoms in total. The van der Waals surface area contributed by atoms with E-state index in [4.69, 9.17) is 4.52 Å². The van der Waals surface area contributed by atoms with Crippen molar-refractivity contribution >= 4 is 0 Å². The molecule has 0 radical (unpaired) electrons. The minimum Gasteiger partial charge on any atom is -0.339 e. The van der Waals surface area contributed by atoms with Gasteiger partial charge in [-0.3, -0.25) is 0 Å². The van der Waals surface area contributed by atoms with Gasteiger partial charge in [-0.1, -0.05) is 24.4 Å². The molecule has 3 saturated carbocycles. The van der Waals surface area contributed by atoms with Gasteiger partial charge in [-0.2, -0.15) is 4.98 Å². The monoisotopic (exact) mass is 303 g/mol. The van der Waals surface area contributed by atoms with Crippen molar-refractivity contribution in [2.75, 3.05) is 0 Å². The number of hydrogen-bond acceptors (Lipinski definition) is 4. The zero-order chi connectivity index (χ0) is 14.9. The van der Waals surface area contributed by atoms with Crippen LogP contribution in [0.1, 0.15) is 81.8 Å². The lowest BCUT2D eigenvalue weighted by molar-refractivity contribution is 0.196. The highest BCUT2D eigenvalue weighted by molar-refractivity contribution is 4.97. The first-order valence-corrected chi connectivity index (χ1v) is 9.34. The largest absolute Gasteiger partial charge is 0.339 e. The molecule has 4 heteroatoms. The summed E-state index contributed by atoms with van der Waals surface area (Å²) in [6.07, 6.45) is 13.7. The van der Waals surface area contributed by atoms with Gasteiger partial charge in [0, 0.05) is 18.0 Å². The first-order valence-electron chi connectivity index (χ1n) is 9.34. The molecule has 3 aliphatic rings. The third kappa shape index (κ3) is 3.08. The number of nitrogens with zero attached hydrogens (tertiary/aromatic N) is 2. The van der Waals surface area contributed by atoms with Crippen molar-refractivity contribution < 1.29 is 4.52 Å². The van der Waals surface area contributed by atoms with Gasteiger partial charge in [-0.05, 0) is 63.7 Å². The maximum absolute atomic E-state index is 5.35. The van der Waals surface area contributed by atoms with Crippen molar-refractivity contribution in [1.29, 1.82) is 0 Å². The van der Waals surface area contributed by atoms with E-state index < -0.39 is 0 Å². The van der Waals surface area contributed by atoms with Gasteiger partial charge in [-0.15, -0.1) is 0 Å². The predicted octanol–water partition coefficient (Wildman–Crippen LogP) is 3.96. The lowest BCUT2D eigenvalue weighted by Gasteiger charge is -2.36. The SMILES string of the molecule is Cc1noc(C2CCC(NC3CCC4CCCC4C3)CC2)n1. The molecule has 1 aromatic rings. The summed E-state index contributed by atoms with van der Waals surface area (Å²) in [5.41, 5.74) is 0. The summed E-state index contributed by atoms with van der Waals surface area (Å²) < 4.78 is 5.35. The molecule has 0 aliphatic heterocycles. The van der Waals surface area contributed by atoms with Crippen LogP contribution in [0.15, 0.2) is 4.52 Å². The van der Waals surface area contributed by atoms with Gasteiger partial charge in [0.1, 0.15) is 0 Å². The Hall–Kier alpha value is -0.900. The number of nitrogens with one attached hydrogen (secondary N) is 1. The number of aryl methyl sites for hydroxylation is 1. The van der Waals surface area contributed by atoms with E-state index in [9.17, 15) is 0 Å². The summed E-state index contributed by atoms with van der Waals surface area (Å²) >= 11 is 0. The summed E-state index contributed by atoms with van der Waals surface area (Å²) in [5, 5.41) is 7.91. The highest BCUT2D eigenvalue weighted by atomic mass is 16.5. The van der Waals surface area contributed by atoms with E-state index in [2.05, 4.69) is 15.5 Å². The Bertz CT molecular complexity index is 492. The van der Waals surface area contributed by atoms with Crippen molar-refractivity contribution in [2.24, 2.45) is 11.8 Å². The molecule has 0 aromatic carbocycles. The van der Waals surface area contributed by atoms with E-state index in [0.29, 0.717) is 12.0 Å². The third-order valence-corrected chi connectivity index (χ3v) is 6.38. The van der Waals surface area contributed by atoms with Crippen molar-refractivity contribution in [3.63, 3.8) is 0 Å². The molecule has 1 aromatic heterocycles. The number of rotatable bonds is 3. The summed E-state index contributed by atoms with van der Waals surface area (Å²) in [6, 6.07) is 1.50. The molecule has 4 rings (SSSR count). The van der Waals surface area contributed by atoms with Crippen LogP contribution in [0.2, 0.25) is 0 Å². The van der Waals surface area contributed by atoms with Crippen molar-refractivity contribution in [2.45, 2.75) is 89.1 Å². The van der Waals surface area contributed by atoms with E-state index in [0.717, 1.165) is 29.6 Å². The summed E-state index contributed by atoms with van der Waals surface area (Å²) in [6.45, 7) is 1.90. The smallest absolute Gasteiger partial charge is 0.229 e. The Morgan fingerprint density at radius 2 is 1.68 bits per heavy atom. The molecule has 0 bridgehead atoms. The number of aromatic nitrogens is 2. The zero-order valence-corrected chi connectivity index (χ0v) is 13.8. The van der Waals surface area contributed by atoms with Crippen LogP contribution < -0.4 is 5.32 Å². The molecule has 3 aliphatic carbocycles. The van der Waals surface area contributed by atoms with Crippen LogP contribution >= 0.6 is 0 Å². The lowest BCUT2D eigenvalue weighted by Crippen LogP contribution is -2.43. The maximum atomic E-state index is 5.35. The van der Waals surface area contributed by atoms with Gasteiger partial charge in [0.2, 0.25) is 5.89 Å². The molecule has 3 fully saturated rings. The fourth-order valence-corrected chi connectivity index (χ4v) is 5.17. The first-order chi connectivity index (χ1) is 10.8. The average molecular weight is 303 g/mol. The molecule has 122 valence electrons. The van der Waals surface area contributed by atoms with Crippen LogP contribution in [0.25, 0.3) is 0 Å². The minimum absolute atomic E-state index is 0.491. The third-order valence-electron chi connectivity index (χ3n) is 6.38. The Morgan fingerprint density at radius 3 is 2.45 bits per heavy atom. The van der Waals surface area contributed by atoms with Crippen LogP contribution in [0.4, 0.5) is 0 Å². The van der Waals surface area contributed by atoms with Crippen molar-refractivity contribution in [3.8, 4) is 0 Å². The molecule has 0 amide bonds. The zero-order valence-electron chi connectivity index (χ0n) is 13.8. The topological polar surface area (TPSA) is 51.0 Å². The fraction of sp³-hybridized carbons (Fsp3) is 0.889. The lowest BCUT2D eigenvalue weighted by atomic mass is 9.78. The molecule has 22 heavy (non-hydrogen) atoms. The Labute approximate surface area is 133 Å². The summed E-state index contributed by atoms with van der Waals surface area (Å²) in [7, 11) is 0. The molecule has 3 atom stereocenters. The molecule has 1 N–H and O–H groups in total.